The van der Waals surface area contributed by atoms with Gasteiger partial charge >= 0.3 is 0 Å². The molecular formula is C16H31NO. The first-order valence-corrected chi connectivity index (χ1v) is 7.60. The maximum Gasteiger partial charge on any atom is 0.137 e. The lowest BCUT2D eigenvalue weighted by atomic mass is 10.1. The van der Waals surface area contributed by atoms with Gasteiger partial charge in [0.15, 0.2) is 0 Å². The molecule has 0 aromatic carbocycles. The fraction of sp³-hybridized carbons (Fsp3) is 0.812. The van der Waals surface area contributed by atoms with Gasteiger partial charge in [0, 0.05) is 5.56 Å². The summed E-state index contributed by atoms with van der Waals surface area (Å²) in [6, 6.07) is 0. The summed E-state index contributed by atoms with van der Waals surface area (Å²) >= 11 is 0. The molecule has 1 fully saturated rings. The van der Waals surface area contributed by atoms with Gasteiger partial charge in [0.1, 0.15) is 5.76 Å². The number of aryl methyl sites for hydroxylation is 2. The second kappa shape index (κ2) is 10.2. The topological polar surface area (TPSA) is 26.0 Å². The van der Waals surface area contributed by atoms with Gasteiger partial charge in [-0.25, -0.2) is 0 Å². The monoisotopic (exact) mass is 253 g/mol. The lowest BCUT2D eigenvalue weighted by Crippen LogP contribution is -1.86. The van der Waals surface area contributed by atoms with Crippen LogP contribution >= 0.6 is 0 Å². The molecule has 1 aliphatic rings. The molecule has 0 N–H and O–H groups in total. The van der Waals surface area contributed by atoms with E-state index in [4.69, 9.17) is 4.52 Å². The highest BCUT2D eigenvalue weighted by atomic mass is 16.5. The zero-order valence-electron chi connectivity index (χ0n) is 13.2. The van der Waals surface area contributed by atoms with Crippen molar-refractivity contribution in [2.75, 3.05) is 0 Å². The van der Waals surface area contributed by atoms with Crippen LogP contribution in [-0.4, -0.2) is 5.16 Å². The van der Waals surface area contributed by atoms with Crippen molar-refractivity contribution in [3.8, 4) is 0 Å². The molecule has 0 aliphatic heterocycles. The number of hydrogen-bond acceptors (Lipinski definition) is 2. The molecule has 2 rings (SSSR count). The van der Waals surface area contributed by atoms with Crippen LogP contribution in [0.4, 0.5) is 0 Å². The second-order valence-corrected chi connectivity index (χ2v) is 4.72. The molecule has 0 spiro atoms. The molecule has 1 aromatic rings. The molecule has 18 heavy (non-hydrogen) atoms. The largest absolute Gasteiger partial charge is 0.361 e. The third-order valence-electron chi connectivity index (χ3n) is 3.59. The highest BCUT2D eigenvalue weighted by molar-refractivity contribution is 5.19. The van der Waals surface area contributed by atoms with Crippen molar-refractivity contribution in [1.82, 2.24) is 5.16 Å². The first kappa shape index (κ1) is 17.2. The first-order valence-electron chi connectivity index (χ1n) is 7.60. The molecule has 0 amide bonds. The standard InChI is InChI=1S/C7H11NO.C7H14.C2H6/c1-4-7-5(2)8-9-6(7)3;1-2-7-5-3-4-6-7;1-2/h4H2,1-3H3;7H,2-6H2,1H3;1-2H3. The van der Waals surface area contributed by atoms with Gasteiger partial charge in [0.05, 0.1) is 5.69 Å². The van der Waals surface area contributed by atoms with Crippen molar-refractivity contribution in [1.29, 1.82) is 0 Å². The van der Waals surface area contributed by atoms with E-state index < -0.39 is 0 Å². The second-order valence-electron chi connectivity index (χ2n) is 4.72. The van der Waals surface area contributed by atoms with Crippen LogP contribution in [0.2, 0.25) is 0 Å². The van der Waals surface area contributed by atoms with E-state index in [9.17, 15) is 0 Å². The first-order chi connectivity index (χ1) is 8.69. The molecule has 1 aromatic heterocycles. The molecule has 1 aliphatic carbocycles. The fourth-order valence-corrected chi connectivity index (χ4v) is 2.43. The van der Waals surface area contributed by atoms with E-state index >= 15 is 0 Å². The van der Waals surface area contributed by atoms with E-state index in [0.717, 1.165) is 23.8 Å². The SMILES string of the molecule is CC.CCC1CCCC1.CCc1c(C)noc1C. The minimum atomic E-state index is 0.954. The summed E-state index contributed by atoms with van der Waals surface area (Å²) in [6.07, 6.45) is 8.45. The number of hydrogen-bond donors (Lipinski definition) is 0. The Labute approximate surface area is 113 Å². The van der Waals surface area contributed by atoms with E-state index in [2.05, 4.69) is 19.0 Å². The minimum absolute atomic E-state index is 0.954. The molecule has 1 saturated carbocycles. The smallest absolute Gasteiger partial charge is 0.137 e. The minimum Gasteiger partial charge on any atom is -0.361 e. The third-order valence-corrected chi connectivity index (χ3v) is 3.59. The van der Waals surface area contributed by atoms with Crippen molar-refractivity contribution in [3.05, 3.63) is 17.0 Å². The van der Waals surface area contributed by atoms with Crippen LogP contribution in [0.5, 0.6) is 0 Å². The number of rotatable bonds is 2. The molecule has 2 heteroatoms. The highest BCUT2D eigenvalue weighted by Gasteiger charge is 2.11. The van der Waals surface area contributed by atoms with Gasteiger partial charge in [-0.1, -0.05) is 65.0 Å². The maximum absolute atomic E-state index is 4.94. The Hall–Kier alpha value is -0.790. The average Bonchev–Trinajstić information content (AvgIpc) is 3.03. The molecule has 106 valence electrons. The van der Waals surface area contributed by atoms with Gasteiger partial charge in [-0.05, 0) is 26.2 Å². The summed E-state index contributed by atoms with van der Waals surface area (Å²) in [6.45, 7) is 12.3. The van der Waals surface area contributed by atoms with Crippen LogP contribution in [0.15, 0.2) is 4.52 Å². The summed E-state index contributed by atoms with van der Waals surface area (Å²) < 4.78 is 4.94. The van der Waals surface area contributed by atoms with Crippen LogP contribution in [0, 0.1) is 19.8 Å². The molecule has 1 heterocycles. The maximum atomic E-state index is 4.94. The van der Waals surface area contributed by atoms with Crippen molar-refractivity contribution in [2.45, 2.75) is 80.1 Å². The summed E-state index contributed by atoms with van der Waals surface area (Å²) in [5.74, 6) is 2.05. The van der Waals surface area contributed by atoms with E-state index in [1.54, 1.807) is 0 Å². The van der Waals surface area contributed by atoms with Crippen molar-refractivity contribution in [2.24, 2.45) is 5.92 Å². The quantitative estimate of drug-likeness (QED) is 0.698. The molecular weight excluding hydrogens is 222 g/mol. The van der Waals surface area contributed by atoms with Crippen molar-refractivity contribution in [3.63, 3.8) is 0 Å². The molecule has 0 radical (unpaired) electrons. The zero-order chi connectivity index (χ0) is 14.0. The summed E-state index contributed by atoms with van der Waals surface area (Å²) in [7, 11) is 0. The van der Waals surface area contributed by atoms with E-state index in [1.165, 1.54) is 37.7 Å². The Kier molecular flexibility index (Phi) is 9.72. The van der Waals surface area contributed by atoms with Gasteiger partial charge in [-0.3, -0.25) is 0 Å². The highest BCUT2D eigenvalue weighted by Crippen LogP contribution is 2.26. The van der Waals surface area contributed by atoms with Gasteiger partial charge in [-0.2, -0.15) is 0 Å². The molecule has 2 nitrogen and oxygen atoms in total. The predicted molar refractivity (Wildman–Crippen MR) is 79.0 cm³/mol. The Morgan fingerprint density at radius 1 is 1.11 bits per heavy atom. The van der Waals surface area contributed by atoms with E-state index in [1.807, 2.05) is 27.7 Å². The summed E-state index contributed by atoms with van der Waals surface area (Å²) in [5.41, 5.74) is 2.27. The number of nitrogens with zero attached hydrogens (tertiary/aromatic N) is 1. The Bertz CT molecular complexity index is 279. The van der Waals surface area contributed by atoms with Crippen LogP contribution in [0.1, 0.15) is 76.8 Å². The van der Waals surface area contributed by atoms with Crippen molar-refractivity contribution < 1.29 is 4.52 Å². The average molecular weight is 253 g/mol. The lowest BCUT2D eigenvalue weighted by molar-refractivity contribution is 0.392. The lowest BCUT2D eigenvalue weighted by Gasteiger charge is -1.99. The van der Waals surface area contributed by atoms with Gasteiger partial charge in [-0.15, -0.1) is 0 Å². The van der Waals surface area contributed by atoms with E-state index in [-0.39, 0.29) is 0 Å². The molecule has 0 bridgehead atoms. The molecule has 0 saturated heterocycles. The van der Waals surface area contributed by atoms with Crippen LogP contribution in [0.3, 0.4) is 0 Å². The predicted octanol–water partition coefficient (Wildman–Crippen LogP) is 5.47. The fourth-order valence-electron chi connectivity index (χ4n) is 2.43. The third kappa shape index (κ3) is 5.70. The Balaban J connectivity index is 0.000000289. The zero-order valence-corrected chi connectivity index (χ0v) is 13.2. The van der Waals surface area contributed by atoms with Crippen LogP contribution in [-0.2, 0) is 6.42 Å². The molecule has 0 atom stereocenters. The van der Waals surface area contributed by atoms with Crippen molar-refractivity contribution >= 4 is 0 Å². The summed E-state index contributed by atoms with van der Waals surface area (Å²) in [4.78, 5) is 0. The van der Waals surface area contributed by atoms with Gasteiger partial charge < -0.3 is 4.52 Å². The Morgan fingerprint density at radius 3 is 1.89 bits per heavy atom. The van der Waals surface area contributed by atoms with Crippen LogP contribution in [0.25, 0.3) is 0 Å². The normalized spacial score (nSPS) is 14.6. The van der Waals surface area contributed by atoms with Crippen LogP contribution < -0.4 is 0 Å². The van der Waals surface area contributed by atoms with E-state index in [0.29, 0.717) is 0 Å². The molecule has 0 unspecified atom stereocenters. The number of aromatic nitrogens is 1. The van der Waals surface area contributed by atoms with Gasteiger partial charge in [0.2, 0.25) is 0 Å². The summed E-state index contributed by atoms with van der Waals surface area (Å²) in [5, 5.41) is 3.81. The Morgan fingerprint density at radius 2 is 1.67 bits per heavy atom. The van der Waals surface area contributed by atoms with Gasteiger partial charge in [0.25, 0.3) is 0 Å².